The minimum absolute atomic E-state index is 0.161. The molecule has 0 saturated carbocycles. The summed E-state index contributed by atoms with van der Waals surface area (Å²) in [5, 5.41) is 14.5. The topological polar surface area (TPSA) is 81.9 Å². The highest BCUT2D eigenvalue weighted by atomic mass is 16.5. The Bertz CT molecular complexity index is 887. The Balaban J connectivity index is 1.61. The van der Waals surface area contributed by atoms with Crippen LogP contribution in [-0.2, 0) is 6.61 Å². The highest BCUT2D eigenvalue weighted by Crippen LogP contribution is 2.16. The third-order valence-electron chi connectivity index (χ3n) is 3.81. The van der Waals surface area contributed by atoms with Gasteiger partial charge in [0, 0.05) is 11.3 Å². The molecule has 0 saturated heterocycles. The minimum atomic E-state index is -0.161. The predicted octanol–water partition coefficient (Wildman–Crippen LogP) is 3.39. The maximum absolute atomic E-state index is 12.3. The van der Waals surface area contributed by atoms with Gasteiger partial charge in [0.2, 0.25) is 0 Å². The summed E-state index contributed by atoms with van der Waals surface area (Å²) in [4.78, 5) is 12.3. The molecular formula is C19H21N5O2. The van der Waals surface area contributed by atoms with Crippen LogP contribution in [0.15, 0.2) is 48.5 Å². The smallest absolute Gasteiger partial charge is 0.255 e. The average Bonchev–Trinajstić information content (AvgIpc) is 3.09. The second kappa shape index (κ2) is 7.77. The van der Waals surface area contributed by atoms with Gasteiger partial charge in [-0.3, -0.25) is 4.79 Å². The van der Waals surface area contributed by atoms with E-state index in [9.17, 15) is 4.79 Å². The van der Waals surface area contributed by atoms with Crippen molar-refractivity contribution in [3.8, 4) is 5.75 Å². The number of hydrogen-bond acceptors (Lipinski definition) is 5. The summed E-state index contributed by atoms with van der Waals surface area (Å²) in [5.41, 5.74) is 2.43. The van der Waals surface area contributed by atoms with Crippen LogP contribution in [0.2, 0.25) is 0 Å². The number of carbonyl (C=O) groups excluding carboxylic acids is 1. The highest BCUT2D eigenvalue weighted by molar-refractivity contribution is 6.04. The van der Waals surface area contributed by atoms with Crippen molar-refractivity contribution in [2.75, 3.05) is 5.32 Å². The number of nitrogens with one attached hydrogen (secondary N) is 1. The molecule has 0 aliphatic heterocycles. The number of ether oxygens (including phenoxy) is 1. The number of tetrazole rings is 1. The van der Waals surface area contributed by atoms with Gasteiger partial charge in [-0.05, 0) is 73.2 Å². The maximum atomic E-state index is 12.3. The lowest BCUT2D eigenvalue weighted by molar-refractivity contribution is 0.102. The third-order valence-corrected chi connectivity index (χ3v) is 3.81. The van der Waals surface area contributed by atoms with E-state index in [4.69, 9.17) is 4.74 Å². The first-order valence-electron chi connectivity index (χ1n) is 8.40. The van der Waals surface area contributed by atoms with E-state index in [2.05, 4.69) is 20.8 Å². The zero-order valence-corrected chi connectivity index (χ0v) is 15.0. The lowest BCUT2D eigenvalue weighted by Crippen LogP contribution is -2.12. The second-order valence-corrected chi connectivity index (χ2v) is 6.27. The van der Waals surface area contributed by atoms with Crippen molar-refractivity contribution >= 4 is 11.6 Å². The number of rotatable bonds is 6. The molecule has 0 spiro atoms. The van der Waals surface area contributed by atoms with Crippen LogP contribution in [-0.4, -0.2) is 26.1 Å². The molecule has 3 rings (SSSR count). The lowest BCUT2D eigenvalue weighted by Gasteiger charge is -2.10. The van der Waals surface area contributed by atoms with Gasteiger partial charge in [0.1, 0.15) is 12.4 Å². The zero-order valence-electron chi connectivity index (χ0n) is 15.0. The van der Waals surface area contributed by atoms with Crippen molar-refractivity contribution in [1.29, 1.82) is 0 Å². The van der Waals surface area contributed by atoms with Gasteiger partial charge in [0.05, 0.1) is 6.04 Å². The van der Waals surface area contributed by atoms with Gasteiger partial charge >= 0.3 is 0 Å². The first-order valence-corrected chi connectivity index (χ1v) is 8.40. The number of aromatic nitrogens is 4. The molecule has 0 fully saturated rings. The molecular weight excluding hydrogens is 330 g/mol. The molecule has 0 unspecified atom stereocenters. The first-order chi connectivity index (χ1) is 12.5. The van der Waals surface area contributed by atoms with Gasteiger partial charge in [-0.25, -0.2) is 4.68 Å². The van der Waals surface area contributed by atoms with Gasteiger partial charge in [-0.1, -0.05) is 12.1 Å². The van der Waals surface area contributed by atoms with Crippen LogP contribution in [0.4, 0.5) is 5.69 Å². The summed E-state index contributed by atoms with van der Waals surface area (Å²) in [5.74, 6) is 1.14. The quantitative estimate of drug-likeness (QED) is 0.736. The van der Waals surface area contributed by atoms with Crippen molar-refractivity contribution in [2.24, 2.45) is 0 Å². The standard InChI is InChI=1S/C19H21N5O2/c1-13(2)24-18(21-22-23-24)12-26-17-9-7-15(8-10-17)19(25)20-16-6-4-5-14(3)11-16/h4-11,13H,12H2,1-3H3,(H,20,25). The highest BCUT2D eigenvalue weighted by Gasteiger charge is 2.10. The molecule has 2 aromatic carbocycles. The third kappa shape index (κ3) is 4.24. The number of amides is 1. The van der Waals surface area contributed by atoms with Crippen molar-refractivity contribution in [3.63, 3.8) is 0 Å². The largest absolute Gasteiger partial charge is 0.486 e. The number of anilines is 1. The lowest BCUT2D eigenvalue weighted by atomic mass is 10.2. The van der Waals surface area contributed by atoms with E-state index in [1.54, 1.807) is 28.9 Å². The van der Waals surface area contributed by atoms with Gasteiger partial charge in [0.25, 0.3) is 5.91 Å². The molecule has 1 amide bonds. The van der Waals surface area contributed by atoms with Gasteiger partial charge < -0.3 is 10.1 Å². The summed E-state index contributed by atoms with van der Waals surface area (Å²) in [6.07, 6.45) is 0. The van der Waals surface area contributed by atoms with Gasteiger partial charge in [0.15, 0.2) is 5.82 Å². The average molecular weight is 351 g/mol. The minimum Gasteiger partial charge on any atom is -0.486 e. The number of benzene rings is 2. The Morgan fingerprint density at radius 1 is 1.19 bits per heavy atom. The van der Waals surface area contributed by atoms with Crippen LogP contribution < -0.4 is 10.1 Å². The summed E-state index contributed by atoms with van der Waals surface area (Å²) in [6, 6.07) is 14.8. The van der Waals surface area contributed by atoms with E-state index < -0.39 is 0 Å². The number of hydrogen-bond donors (Lipinski definition) is 1. The van der Waals surface area contributed by atoms with Crippen molar-refractivity contribution < 1.29 is 9.53 Å². The Hall–Kier alpha value is -3.22. The number of nitrogens with zero attached hydrogens (tertiary/aromatic N) is 4. The van der Waals surface area contributed by atoms with Crippen LogP contribution in [0.25, 0.3) is 0 Å². The molecule has 0 aliphatic rings. The Morgan fingerprint density at radius 2 is 1.96 bits per heavy atom. The second-order valence-electron chi connectivity index (χ2n) is 6.27. The van der Waals surface area contributed by atoms with Gasteiger partial charge in [-0.2, -0.15) is 0 Å². The molecule has 0 atom stereocenters. The molecule has 1 N–H and O–H groups in total. The van der Waals surface area contributed by atoms with E-state index in [1.165, 1.54) is 0 Å². The Morgan fingerprint density at radius 3 is 2.65 bits per heavy atom. The monoisotopic (exact) mass is 351 g/mol. The molecule has 0 aliphatic carbocycles. The Labute approximate surface area is 152 Å². The predicted molar refractivity (Wildman–Crippen MR) is 98.1 cm³/mol. The van der Waals surface area contributed by atoms with Crippen LogP contribution in [0.3, 0.4) is 0 Å². The molecule has 1 aromatic heterocycles. The van der Waals surface area contributed by atoms with Crippen molar-refractivity contribution in [3.05, 3.63) is 65.5 Å². The first kappa shape index (κ1) is 17.6. The SMILES string of the molecule is Cc1cccc(NC(=O)c2ccc(OCc3nnnn3C(C)C)cc2)c1. The van der Waals surface area contributed by atoms with E-state index in [0.717, 1.165) is 11.3 Å². The molecule has 134 valence electrons. The fraction of sp³-hybridized carbons (Fsp3) is 0.263. The van der Waals surface area contributed by atoms with E-state index >= 15 is 0 Å². The molecule has 26 heavy (non-hydrogen) atoms. The fourth-order valence-corrected chi connectivity index (χ4v) is 2.48. The van der Waals surface area contributed by atoms with Crippen LogP contribution in [0.5, 0.6) is 5.75 Å². The molecule has 0 radical (unpaired) electrons. The van der Waals surface area contributed by atoms with Crippen LogP contribution >= 0.6 is 0 Å². The van der Waals surface area contributed by atoms with Crippen LogP contribution in [0, 0.1) is 6.92 Å². The summed E-state index contributed by atoms with van der Waals surface area (Å²) >= 11 is 0. The fourth-order valence-electron chi connectivity index (χ4n) is 2.48. The molecule has 3 aromatic rings. The molecule has 0 bridgehead atoms. The molecule has 7 heteroatoms. The summed E-state index contributed by atoms with van der Waals surface area (Å²) < 4.78 is 7.43. The summed E-state index contributed by atoms with van der Waals surface area (Å²) in [7, 11) is 0. The van der Waals surface area contributed by atoms with E-state index in [1.807, 2.05) is 45.0 Å². The zero-order chi connectivity index (χ0) is 18.5. The molecule has 7 nitrogen and oxygen atoms in total. The summed E-state index contributed by atoms with van der Waals surface area (Å²) in [6.45, 7) is 6.25. The van der Waals surface area contributed by atoms with Crippen molar-refractivity contribution in [2.45, 2.75) is 33.4 Å². The Kier molecular flexibility index (Phi) is 5.26. The van der Waals surface area contributed by atoms with Crippen molar-refractivity contribution in [1.82, 2.24) is 20.2 Å². The molecule has 1 heterocycles. The number of carbonyl (C=O) groups is 1. The van der Waals surface area contributed by atoms with Crippen LogP contribution in [0.1, 0.15) is 41.6 Å². The maximum Gasteiger partial charge on any atom is 0.255 e. The van der Waals surface area contributed by atoms with Gasteiger partial charge in [-0.15, -0.1) is 5.10 Å². The normalized spacial score (nSPS) is 10.8. The number of aryl methyl sites for hydroxylation is 1. The van der Waals surface area contributed by atoms with E-state index in [-0.39, 0.29) is 18.6 Å². The van der Waals surface area contributed by atoms with E-state index in [0.29, 0.717) is 17.1 Å².